The first-order valence-electron chi connectivity index (χ1n) is 9.49. The Kier molecular flexibility index (Phi) is 4.02. The Morgan fingerprint density at radius 1 is 0.643 bits per heavy atom. The molecule has 5 rings (SSSR count). The molecule has 28 heavy (non-hydrogen) atoms. The van der Waals surface area contributed by atoms with E-state index in [4.69, 9.17) is 4.98 Å². The molecule has 0 fully saturated rings. The lowest BCUT2D eigenvalue weighted by atomic mass is 10.1. The molecule has 134 valence electrons. The average Bonchev–Trinajstić information content (AvgIpc) is 3.12. The van der Waals surface area contributed by atoms with Crippen LogP contribution in [-0.2, 0) is 0 Å². The number of pyridine rings is 1. The SMILES string of the molecule is Cc1cn(-c2cc(-c3ccccc3)nc(-c3ccccc3)c2)c2ccccc12. The number of rotatable bonds is 3. The summed E-state index contributed by atoms with van der Waals surface area (Å²) >= 11 is 0. The summed E-state index contributed by atoms with van der Waals surface area (Å²) in [6.45, 7) is 2.16. The van der Waals surface area contributed by atoms with E-state index in [2.05, 4.69) is 103 Å². The van der Waals surface area contributed by atoms with Gasteiger partial charge in [-0.05, 0) is 30.7 Å². The van der Waals surface area contributed by atoms with E-state index >= 15 is 0 Å². The molecular weight excluding hydrogens is 340 g/mol. The van der Waals surface area contributed by atoms with Crippen molar-refractivity contribution >= 4 is 10.9 Å². The van der Waals surface area contributed by atoms with Crippen LogP contribution in [0, 0.1) is 6.92 Å². The number of hydrogen-bond donors (Lipinski definition) is 0. The van der Waals surface area contributed by atoms with Crippen molar-refractivity contribution < 1.29 is 0 Å². The molecule has 0 aliphatic carbocycles. The lowest BCUT2D eigenvalue weighted by Crippen LogP contribution is -1.97. The van der Waals surface area contributed by atoms with Crippen LogP contribution in [0.25, 0.3) is 39.1 Å². The predicted molar refractivity (Wildman–Crippen MR) is 117 cm³/mol. The third kappa shape index (κ3) is 2.89. The van der Waals surface area contributed by atoms with Crippen molar-refractivity contribution in [1.29, 1.82) is 0 Å². The van der Waals surface area contributed by atoms with E-state index in [0.717, 1.165) is 28.2 Å². The zero-order valence-corrected chi connectivity index (χ0v) is 15.7. The zero-order valence-electron chi connectivity index (χ0n) is 15.7. The molecule has 5 aromatic rings. The standard InChI is InChI=1S/C26H20N2/c1-19-18-28(26-15-9-8-14-23(19)26)22-16-24(20-10-4-2-5-11-20)27-25(17-22)21-12-6-3-7-13-21/h2-18H,1H3. The van der Waals surface area contributed by atoms with Gasteiger partial charge in [0.2, 0.25) is 0 Å². The molecule has 0 spiro atoms. The van der Waals surface area contributed by atoms with Gasteiger partial charge in [-0.2, -0.15) is 0 Å². The summed E-state index contributed by atoms with van der Waals surface area (Å²) in [6, 6.07) is 33.6. The number of nitrogens with zero attached hydrogens (tertiary/aromatic N) is 2. The zero-order chi connectivity index (χ0) is 18.9. The Hall–Kier alpha value is -3.65. The summed E-state index contributed by atoms with van der Waals surface area (Å²) in [6.07, 6.45) is 2.21. The van der Waals surface area contributed by atoms with E-state index < -0.39 is 0 Å². The number of aryl methyl sites for hydroxylation is 1. The second-order valence-electron chi connectivity index (χ2n) is 7.03. The molecule has 2 nitrogen and oxygen atoms in total. The van der Waals surface area contributed by atoms with E-state index in [-0.39, 0.29) is 0 Å². The maximum absolute atomic E-state index is 4.97. The minimum absolute atomic E-state index is 0.979. The predicted octanol–water partition coefficient (Wildman–Crippen LogP) is 6.67. The van der Waals surface area contributed by atoms with Crippen molar-refractivity contribution in [2.45, 2.75) is 6.92 Å². The van der Waals surface area contributed by atoms with Crippen molar-refractivity contribution in [2.24, 2.45) is 0 Å². The van der Waals surface area contributed by atoms with Gasteiger partial charge < -0.3 is 4.57 Å². The molecule has 3 aromatic carbocycles. The monoisotopic (exact) mass is 360 g/mol. The number of benzene rings is 3. The van der Waals surface area contributed by atoms with Crippen LogP contribution < -0.4 is 0 Å². The van der Waals surface area contributed by atoms with Crippen molar-refractivity contribution in [1.82, 2.24) is 9.55 Å². The van der Waals surface area contributed by atoms with Crippen molar-refractivity contribution in [3.63, 3.8) is 0 Å². The van der Waals surface area contributed by atoms with E-state index in [1.54, 1.807) is 0 Å². The van der Waals surface area contributed by atoms with Crippen LogP contribution in [0.3, 0.4) is 0 Å². The summed E-state index contributed by atoms with van der Waals surface area (Å²) in [5.74, 6) is 0. The van der Waals surface area contributed by atoms with E-state index in [0.29, 0.717) is 0 Å². The maximum atomic E-state index is 4.97. The lowest BCUT2D eigenvalue weighted by Gasteiger charge is -2.12. The first-order chi connectivity index (χ1) is 13.8. The second kappa shape index (κ2) is 6.82. The molecule has 0 unspecified atom stereocenters. The smallest absolute Gasteiger partial charge is 0.0730 e. The van der Waals surface area contributed by atoms with Crippen LogP contribution in [0.1, 0.15) is 5.56 Å². The number of para-hydroxylation sites is 1. The highest BCUT2D eigenvalue weighted by Gasteiger charge is 2.11. The third-order valence-electron chi connectivity index (χ3n) is 5.14. The fourth-order valence-corrected chi connectivity index (χ4v) is 3.73. The fraction of sp³-hybridized carbons (Fsp3) is 0.0385. The first-order valence-corrected chi connectivity index (χ1v) is 9.49. The van der Waals surface area contributed by atoms with Gasteiger partial charge in [-0.25, -0.2) is 4.98 Å². The quantitative estimate of drug-likeness (QED) is 0.351. The highest BCUT2D eigenvalue weighted by atomic mass is 15.0. The van der Waals surface area contributed by atoms with Crippen LogP contribution in [0.5, 0.6) is 0 Å². The van der Waals surface area contributed by atoms with Gasteiger partial charge in [0.1, 0.15) is 0 Å². The summed E-state index contributed by atoms with van der Waals surface area (Å²) in [4.78, 5) is 4.97. The number of fused-ring (bicyclic) bond motifs is 1. The largest absolute Gasteiger partial charge is 0.316 e. The molecule has 0 radical (unpaired) electrons. The molecule has 0 saturated heterocycles. The minimum Gasteiger partial charge on any atom is -0.316 e. The highest BCUT2D eigenvalue weighted by molar-refractivity contribution is 5.86. The molecule has 0 aliphatic heterocycles. The minimum atomic E-state index is 0.979. The van der Waals surface area contributed by atoms with Gasteiger partial charge in [-0.1, -0.05) is 78.9 Å². The molecule has 0 N–H and O–H groups in total. The Morgan fingerprint density at radius 3 is 1.79 bits per heavy atom. The summed E-state index contributed by atoms with van der Waals surface area (Å²) < 4.78 is 2.27. The summed E-state index contributed by atoms with van der Waals surface area (Å²) in [5, 5.41) is 1.28. The molecule has 0 atom stereocenters. The molecular formula is C26H20N2. The molecule has 0 bridgehead atoms. The van der Waals surface area contributed by atoms with Gasteiger partial charge >= 0.3 is 0 Å². The Morgan fingerprint density at radius 2 is 1.18 bits per heavy atom. The van der Waals surface area contributed by atoms with Crippen LogP contribution >= 0.6 is 0 Å². The van der Waals surface area contributed by atoms with Crippen molar-refractivity contribution in [3.8, 4) is 28.2 Å². The van der Waals surface area contributed by atoms with Gasteiger partial charge in [0.05, 0.1) is 16.9 Å². The molecule has 2 aromatic heterocycles. The summed E-state index contributed by atoms with van der Waals surface area (Å²) in [7, 11) is 0. The Balaban J connectivity index is 1.77. The molecule has 2 heteroatoms. The maximum Gasteiger partial charge on any atom is 0.0730 e. The Labute approximate surface area is 164 Å². The van der Waals surface area contributed by atoms with Gasteiger partial charge in [-0.3, -0.25) is 0 Å². The normalized spacial score (nSPS) is 11.0. The van der Waals surface area contributed by atoms with Crippen LogP contribution in [0.4, 0.5) is 0 Å². The lowest BCUT2D eigenvalue weighted by molar-refractivity contribution is 1.11. The van der Waals surface area contributed by atoms with Gasteiger partial charge in [0.25, 0.3) is 0 Å². The molecule has 0 amide bonds. The van der Waals surface area contributed by atoms with E-state index in [9.17, 15) is 0 Å². The first kappa shape index (κ1) is 16.5. The van der Waals surface area contributed by atoms with Crippen LogP contribution in [0.2, 0.25) is 0 Å². The van der Waals surface area contributed by atoms with Crippen molar-refractivity contribution in [2.75, 3.05) is 0 Å². The van der Waals surface area contributed by atoms with Crippen LogP contribution in [-0.4, -0.2) is 9.55 Å². The third-order valence-corrected chi connectivity index (χ3v) is 5.14. The van der Waals surface area contributed by atoms with Crippen molar-refractivity contribution in [3.05, 3.63) is 109 Å². The number of aromatic nitrogens is 2. The topological polar surface area (TPSA) is 17.8 Å². The Bertz CT molecular complexity index is 1190. The molecule has 0 saturated carbocycles. The highest BCUT2D eigenvalue weighted by Crippen LogP contribution is 2.30. The molecule has 2 heterocycles. The van der Waals surface area contributed by atoms with Crippen LogP contribution in [0.15, 0.2) is 103 Å². The second-order valence-corrected chi connectivity index (χ2v) is 7.03. The average molecular weight is 360 g/mol. The fourth-order valence-electron chi connectivity index (χ4n) is 3.73. The van der Waals surface area contributed by atoms with Gasteiger partial charge in [-0.15, -0.1) is 0 Å². The summed E-state index contributed by atoms with van der Waals surface area (Å²) in [5.41, 5.74) is 7.81. The number of hydrogen-bond acceptors (Lipinski definition) is 1. The van der Waals surface area contributed by atoms with E-state index in [1.807, 2.05) is 12.1 Å². The van der Waals surface area contributed by atoms with E-state index in [1.165, 1.54) is 16.5 Å². The van der Waals surface area contributed by atoms with Gasteiger partial charge in [0, 0.05) is 28.4 Å². The van der Waals surface area contributed by atoms with Gasteiger partial charge in [0.15, 0.2) is 0 Å². The molecule has 0 aliphatic rings.